The molecule has 0 aromatic heterocycles. The summed E-state index contributed by atoms with van der Waals surface area (Å²) < 4.78 is 33.0. The molecule has 0 atom stereocenters. The highest BCUT2D eigenvalue weighted by Crippen LogP contribution is 2.24. The first-order valence-corrected chi connectivity index (χ1v) is 9.82. The van der Waals surface area contributed by atoms with Crippen LogP contribution >= 0.6 is 0 Å². The number of hydrogen-bond acceptors (Lipinski definition) is 3. The Morgan fingerprint density at radius 2 is 1.79 bits per heavy atom. The van der Waals surface area contributed by atoms with E-state index >= 15 is 0 Å². The summed E-state index contributed by atoms with van der Waals surface area (Å²) in [5.74, 6) is 0.783. The molecule has 1 N–H and O–H groups in total. The Morgan fingerprint density at radius 1 is 1.04 bits per heavy atom. The molecule has 1 aliphatic rings. The van der Waals surface area contributed by atoms with Crippen molar-refractivity contribution in [2.75, 3.05) is 13.7 Å². The monoisotopic (exact) mass is 345 g/mol. The molecule has 128 valence electrons. The van der Waals surface area contributed by atoms with Gasteiger partial charge >= 0.3 is 0 Å². The third kappa shape index (κ3) is 3.79. The highest BCUT2D eigenvalue weighted by atomic mass is 32.2. The van der Waals surface area contributed by atoms with E-state index in [-0.39, 0.29) is 0 Å². The minimum Gasteiger partial charge on any atom is -0.496 e. The first-order chi connectivity index (χ1) is 11.6. The van der Waals surface area contributed by atoms with E-state index in [0.717, 1.165) is 30.6 Å². The highest BCUT2D eigenvalue weighted by Gasteiger charge is 2.17. The van der Waals surface area contributed by atoms with Gasteiger partial charge < -0.3 is 4.74 Å². The van der Waals surface area contributed by atoms with Crippen LogP contribution < -0.4 is 9.46 Å². The van der Waals surface area contributed by atoms with Crippen LogP contribution in [0.25, 0.3) is 0 Å². The largest absolute Gasteiger partial charge is 0.496 e. The fourth-order valence-corrected chi connectivity index (χ4v) is 4.27. The van der Waals surface area contributed by atoms with E-state index in [0.29, 0.717) is 17.9 Å². The summed E-state index contributed by atoms with van der Waals surface area (Å²) >= 11 is 0. The topological polar surface area (TPSA) is 55.4 Å². The zero-order valence-corrected chi connectivity index (χ0v) is 14.7. The molecule has 0 unspecified atom stereocenters. The minimum absolute atomic E-state index is 0.347. The second-order valence-electron chi connectivity index (χ2n) is 6.10. The molecule has 4 nitrogen and oxygen atoms in total. The molecular weight excluding hydrogens is 322 g/mol. The van der Waals surface area contributed by atoms with Crippen molar-refractivity contribution >= 4 is 10.0 Å². The van der Waals surface area contributed by atoms with Crippen molar-refractivity contribution in [3.63, 3.8) is 0 Å². The fraction of sp³-hybridized carbons (Fsp3) is 0.368. The summed E-state index contributed by atoms with van der Waals surface area (Å²) in [6.07, 6.45) is 4.94. The zero-order valence-electron chi connectivity index (χ0n) is 13.9. The van der Waals surface area contributed by atoms with Gasteiger partial charge in [-0.15, -0.1) is 0 Å². The molecule has 0 heterocycles. The molecular formula is C19H23NO3S. The number of fused-ring (bicyclic) bond motifs is 1. The second kappa shape index (κ2) is 7.36. The van der Waals surface area contributed by atoms with Crippen LogP contribution in [0.2, 0.25) is 0 Å². The molecule has 5 heteroatoms. The summed E-state index contributed by atoms with van der Waals surface area (Å²) in [5, 5.41) is 0. The quantitative estimate of drug-likeness (QED) is 0.875. The standard InChI is InChI=1S/C19H23NO3S/c1-23-19-9-5-4-7-16(19)12-13-20-24(21,22)18-11-10-15-6-2-3-8-17(15)14-18/h4-5,7,9-11,14,20H,2-3,6,8,12-13H2,1H3. The predicted octanol–water partition coefficient (Wildman–Crippen LogP) is 3.10. The van der Waals surface area contributed by atoms with E-state index in [1.807, 2.05) is 36.4 Å². The molecule has 0 amide bonds. The number of nitrogens with one attached hydrogen (secondary N) is 1. The highest BCUT2D eigenvalue weighted by molar-refractivity contribution is 7.89. The summed E-state index contributed by atoms with van der Waals surface area (Å²) in [5.41, 5.74) is 3.45. The van der Waals surface area contributed by atoms with Gasteiger partial charge in [-0.25, -0.2) is 13.1 Å². The first kappa shape index (κ1) is 17.0. The van der Waals surface area contributed by atoms with E-state index in [4.69, 9.17) is 4.74 Å². The maximum absolute atomic E-state index is 12.5. The Bertz CT molecular complexity index is 815. The van der Waals surface area contributed by atoms with E-state index in [9.17, 15) is 8.42 Å². The lowest BCUT2D eigenvalue weighted by molar-refractivity contribution is 0.409. The number of methoxy groups -OCH3 is 1. The van der Waals surface area contributed by atoms with Crippen molar-refractivity contribution in [3.8, 4) is 5.75 Å². The molecule has 0 saturated carbocycles. The van der Waals surface area contributed by atoms with Crippen LogP contribution in [0.1, 0.15) is 29.5 Å². The maximum Gasteiger partial charge on any atom is 0.240 e. The molecule has 0 radical (unpaired) electrons. The Labute approximate surface area is 143 Å². The van der Waals surface area contributed by atoms with Crippen LogP contribution in [0.15, 0.2) is 47.4 Å². The van der Waals surface area contributed by atoms with E-state index in [1.165, 1.54) is 17.5 Å². The van der Waals surface area contributed by atoms with Crippen LogP contribution in [0.4, 0.5) is 0 Å². The van der Waals surface area contributed by atoms with E-state index < -0.39 is 10.0 Å². The van der Waals surface area contributed by atoms with Gasteiger partial charge in [0.2, 0.25) is 10.0 Å². The second-order valence-corrected chi connectivity index (χ2v) is 7.86. The van der Waals surface area contributed by atoms with Crippen molar-refractivity contribution < 1.29 is 13.2 Å². The Balaban J connectivity index is 1.68. The third-order valence-electron chi connectivity index (χ3n) is 4.51. The lowest BCUT2D eigenvalue weighted by Crippen LogP contribution is -2.26. The summed E-state index contributed by atoms with van der Waals surface area (Å²) in [7, 11) is -1.85. The van der Waals surface area contributed by atoms with Gasteiger partial charge in [0.15, 0.2) is 0 Å². The van der Waals surface area contributed by atoms with E-state index in [1.54, 1.807) is 13.2 Å². The van der Waals surface area contributed by atoms with Crippen molar-refractivity contribution in [2.24, 2.45) is 0 Å². The Morgan fingerprint density at radius 3 is 2.58 bits per heavy atom. The average molecular weight is 345 g/mol. The van der Waals surface area contributed by atoms with Gasteiger partial charge in [-0.3, -0.25) is 0 Å². The number of para-hydroxylation sites is 1. The number of sulfonamides is 1. The molecule has 2 aromatic carbocycles. The maximum atomic E-state index is 12.5. The fourth-order valence-electron chi connectivity index (χ4n) is 3.19. The van der Waals surface area contributed by atoms with Gasteiger partial charge in [-0.2, -0.15) is 0 Å². The van der Waals surface area contributed by atoms with E-state index in [2.05, 4.69) is 4.72 Å². The number of hydrogen-bond donors (Lipinski definition) is 1. The summed E-state index contributed by atoms with van der Waals surface area (Å²) in [6.45, 7) is 0.347. The normalized spacial score (nSPS) is 14.2. The van der Waals surface area contributed by atoms with Gasteiger partial charge in [0, 0.05) is 6.54 Å². The van der Waals surface area contributed by atoms with Gasteiger partial charge in [-0.05, 0) is 67.0 Å². The molecule has 0 fully saturated rings. The van der Waals surface area contributed by atoms with Crippen LogP contribution in [-0.4, -0.2) is 22.1 Å². The number of ether oxygens (including phenoxy) is 1. The summed E-state index contributed by atoms with van der Waals surface area (Å²) in [6, 6.07) is 13.2. The van der Waals surface area contributed by atoms with Crippen molar-refractivity contribution in [3.05, 3.63) is 59.2 Å². The van der Waals surface area contributed by atoms with Crippen LogP contribution in [0, 0.1) is 0 Å². The van der Waals surface area contributed by atoms with Crippen molar-refractivity contribution in [2.45, 2.75) is 37.0 Å². The minimum atomic E-state index is -3.47. The van der Waals surface area contributed by atoms with Crippen molar-refractivity contribution in [1.82, 2.24) is 4.72 Å². The molecule has 24 heavy (non-hydrogen) atoms. The van der Waals surface area contributed by atoms with Gasteiger partial charge in [0.25, 0.3) is 0 Å². The van der Waals surface area contributed by atoms with Crippen LogP contribution in [0.5, 0.6) is 5.75 Å². The van der Waals surface area contributed by atoms with Gasteiger partial charge in [0.05, 0.1) is 12.0 Å². The van der Waals surface area contributed by atoms with Crippen molar-refractivity contribution in [1.29, 1.82) is 0 Å². The lowest BCUT2D eigenvalue weighted by Gasteiger charge is -2.17. The molecule has 0 spiro atoms. The number of benzene rings is 2. The van der Waals surface area contributed by atoms with Crippen LogP contribution in [0.3, 0.4) is 0 Å². The molecule has 1 aliphatic carbocycles. The van der Waals surface area contributed by atoms with Crippen LogP contribution in [-0.2, 0) is 29.3 Å². The number of rotatable bonds is 6. The summed E-state index contributed by atoms with van der Waals surface area (Å²) in [4.78, 5) is 0.364. The average Bonchev–Trinajstić information content (AvgIpc) is 2.61. The Hall–Kier alpha value is -1.85. The molecule has 0 saturated heterocycles. The zero-order chi connectivity index (χ0) is 17.0. The molecule has 3 rings (SSSR count). The Kier molecular flexibility index (Phi) is 5.21. The van der Waals surface area contributed by atoms with Gasteiger partial charge in [0.1, 0.15) is 5.75 Å². The van der Waals surface area contributed by atoms with Gasteiger partial charge in [-0.1, -0.05) is 24.3 Å². The molecule has 0 aliphatic heterocycles. The first-order valence-electron chi connectivity index (χ1n) is 8.33. The smallest absolute Gasteiger partial charge is 0.240 e. The number of aryl methyl sites for hydroxylation is 2. The SMILES string of the molecule is COc1ccccc1CCNS(=O)(=O)c1ccc2c(c1)CCCC2. The lowest BCUT2D eigenvalue weighted by atomic mass is 9.92. The molecule has 2 aromatic rings. The predicted molar refractivity (Wildman–Crippen MR) is 95.0 cm³/mol. The molecule has 0 bridgehead atoms. The third-order valence-corrected chi connectivity index (χ3v) is 5.97.